The number of hydrogen-bond donors (Lipinski definition) is 0. The Balaban J connectivity index is 2.15. The molecular formula is C19H34. The largest absolute Gasteiger partial charge is 0.0885 e. The van der Waals surface area contributed by atoms with Crippen LogP contribution in [-0.4, -0.2) is 0 Å². The van der Waals surface area contributed by atoms with E-state index in [-0.39, 0.29) is 0 Å². The van der Waals surface area contributed by atoms with Crippen LogP contribution in [0.1, 0.15) is 90.9 Å². The van der Waals surface area contributed by atoms with Crippen molar-refractivity contribution in [1.29, 1.82) is 0 Å². The number of unbranched alkanes of at least 4 members (excludes halogenated alkanes) is 1. The Kier molecular flexibility index (Phi) is 5.98. The molecule has 0 aromatic carbocycles. The molecule has 0 amide bonds. The monoisotopic (exact) mass is 262 g/mol. The van der Waals surface area contributed by atoms with Crippen LogP contribution in [0.3, 0.4) is 0 Å². The summed E-state index contributed by atoms with van der Waals surface area (Å²) in [5.41, 5.74) is 0.682. The van der Waals surface area contributed by atoms with Gasteiger partial charge in [0.05, 0.1) is 0 Å². The molecule has 0 aliphatic heterocycles. The number of rotatable bonds is 6. The molecule has 0 saturated heterocycles. The summed E-state index contributed by atoms with van der Waals surface area (Å²) >= 11 is 0. The zero-order valence-electron chi connectivity index (χ0n) is 13.3. The van der Waals surface area contributed by atoms with E-state index >= 15 is 0 Å². The lowest BCUT2D eigenvalue weighted by Crippen LogP contribution is -2.39. The van der Waals surface area contributed by atoms with E-state index in [0.29, 0.717) is 5.41 Å². The molecule has 0 nitrogen and oxygen atoms in total. The SMILES string of the molecule is CCCCC(CC)(C1CC=CCC1)C1CCCCC1. The Bertz CT molecular complexity index is 272. The van der Waals surface area contributed by atoms with E-state index in [0.717, 1.165) is 11.8 Å². The summed E-state index contributed by atoms with van der Waals surface area (Å²) in [7, 11) is 0. The lowest BCUT2D eigenvalue weighted by Gasteiger charge is -2.49. The fourth-order valence-electron chi connectivity index (χ4n) is 4.99. The summed E-state index contributed by atoms with van der Waals surface area (Å²) in [5, 5.41) is 0. The van der Waals surface area contributed by atoms with Crippen LogP contribution in [0, 0.1) is 17.3 Å². The van der Waals surface area contributed by atoms with E-state index in [1.807, 2.05) is 0 Å². The van der Waals surface area contributed by atoms with Gasteiger partial charge in [-0.05, 0) is 62.2 Å². The molecule has 0 N–H and O–H groups in total. The molecule has 2 aliphatic carbocycles. The van der Waals surface area contributed by atoms with Crippen LogP contribution in [0.5, 0.6) is 0 Å². The second-order valence-corrected chi connectivity index (χ2v) is 7.01. The van der Waals surface area contributed by atoms with Gasteiger partial charge < -0.3 is 0 Å². The summed E-state index contributed by atoms with van der Waals surface area (Å²) in [6.07, 6.45) is 22.4. The number of hydrogen-bond acceptors (Lipinski definition) is 0. The van der Waals surface area contributed by atoms with Gasteiger partial charge in [-0.1, -0.05) is 58.1 Å². The molecular weight excluding hydrogens is 228 g/mol. The first-order valence-corrected chi connectivity index (χ1v) is 8.98. The van der Waals surface area contributed by atoms with E-state index in [9.17, 15) is 0 Å². The molecule has 2 unspecified atom stereocenters. The van der Waals surface area contributed by atoms with Crippen LogP contribution in [0.2, 0.25) is 0 Å². The van der Waals surface area contributed by atoms with Crippen LogP contribution in [-0.2, 0) is 0 Å². The molecule has 2 atom stereocenters. The zero-order chi connectivity index (χ0) is 13.6. The normalized spacial score (nSPS) is 28.2. The van der Waals surface area contributed by atoms with Crippen molar-refractivity contribution in [2.24, 2.45) is 17.3 Å². The Labute approximate surface area is 121 Å². The highest BCUT2D eigenvalue weighted by atomic mass is 14.5. The van der Waals surface area contributed by atoms with Gasteiger partial charge in [-0.3, -0.25) is 0 Å². The van der Waals surface area contributed by atoms with E-state index in [4.69, 9.17) is 0 Å². The lowest BCUT2D eigenvalue weighted by molar-refractivity contribution is 0.0211. The predicted octanol–water partition coefficient (Wildman–Crippen LogP) is 6.51. The average molecular weight is 262 g/mol. The van der Waals surface area contributed by atoms with Crippen molar-refractivity contribution in [3.05, 3.63) is 12.2 Å². The molecule has 19 heavy (non-hydrogen) atoms. The van der Waals surface area contributed by atoms with Gasteiger partial charge in [0.25, 0.3) is 0 Å². The topological polar surface area (TPSA) is 0 Å². The minimum atomic E-state index is 0.682. The van der Waals surface area contributed by atoms with Crippen LogP contribution in [0.25, 0.3) is 0 Å². The highest BCUT2D eigenvalue weighted by Gasteiger charge is 2.42. The zero-order valence-corrected chi connectivity index (χ0v) is 13.3. The second kappa shape index (κ2) is 7.50. The van der Waals surface area contributed by atoms with Gasteiger partial charge >= 0.3 is 0 Å². The molecule has 0 aromatic rings. The number of allylic oxidation sites excluding steroid dienone is 2. The highest BCUT2D eigenvalue weighted by Crippen LogP contribution is 2.53. The third kappa shape index (κ3) is 3.44. The summed E-state index contributed by atoms with van der Waals surface area (Å²) in [5.74, 6) is 2.02. The van der Waals surface area contributed by atoms with Crippen molar-refractivity contribution < 1.29 is 0 Å². The molecule has 2 rings (SSSR count). The quantitative estimate of drug-likeness (QED) is 0.479. The summed E-state index contributed by atoms with van der Waals surface area (Å²) in [4.78, 5) is 0. The molecule has 1 saturated carbocycles. The molecule has 0 bridgehead atoms. The third-order valence-corrected chi connectivity index (χ3v) is 6.15. The van der Waals surface area contributed by atoms with Gasteiger partial charge in [-0.2, -0.15) is 0 Å². The van der Waals surface area contributed by atoms with Gasteiger partial charge in [0.1, 0.15) is 0 Å². The van der Waals surface area contributed by atoms with Crippen LogP contribution < -0.4 is 0 Å². The van der Waals surface area contributed by atoms with E-state index in [1.165, 1.54) is 77.0 Å². The molecule has 0 heteroatoms. The molecule has 1 fully saturated rings. The van der Waals surface area contributed by atoms with E-state index < -0.39 is 0 Å². The maximum absolute atomic E-state index is 2.49. The molecule has 0 heterocycles. The summed E-state index contributed by atoms with van der Waals surface area (Å²) < 4.78 is 0. The molecule has 0 aromatic heterocycles. The van der Waals surface area contributed by atoms with Crippen molar-refractivity contribution in [3.63, 3.8) is 0 Å². The first-order chi connectivity index (χ1) is 9.33. The predicted molar refractivity (Wildman–Crippen MR) is 85.3 cm³/mol. The molecule has 0 radical (unpaired) electrons. The van der Waals surface area contributed by atoms with Crippen molar-refractivity contribution in [3.8, 4) is 0 Å². The van der Waals surface area contributed by atoms with Crippen LogP contribution >= 0.6 is 0 Å². The van der Waals surface area contributed by atoms with Gasteiger partial charge in [-0.15, -0.1) is 0 Å². The summed E-state index contributed by atoms with van der Waals surface area (Å²) in [6, 6.07) is 0. The van der Waals surface area contributed by atoms with Crippen molar-refractivity contribution in [1.82, 2.24) is 0 Å². The Hall–Kier alpha value is -0.260. The standard InChI is InChI=1S/C19H34/c1-3-5-16-19(4-2,17-12-8-6-9-13-17)18-14-10-7-11-15-18/h6,8,17-18H,3-5,7,9-16H2,1-2H3. The van der Waals surface area contributed by atoms with Gasteiger partial charge in [0, 0.05) is 0 Å². The van der Waals surface area contributed by atoms with Gasteiger partial charge in [0.15, 0.2) is 0 Å². The Morgan fingerprint density at radius 2 is 1.74 bits per heavy atom. The summed E-state index contributed by atoms with van der Waals surface area (Å²) in [6.45, 7) is 4.85. The maximum Gasteiger partial charge on any atom is -0.0240 e. The second-order valence-electron chi connectivity index (χ2n) is 7.01. The van der Waals surface area contributed by atoms with Crippen LogP contribution in [0.4, 0.5) is 0 Å². The maximum atomic E-state index is 2.49. The Morgan fingerprint density at radius 1 is 0.947 bits per heavy atom. The van der Waals surface area contributed by atoms with E-state index in [2.05, 4.69) is 26.0 Å². The molecule has 110 valence electrons. The smallest absolute Gasteiger partial charge is 0.0240 e. The van der Waals surface area contributed by atoms with E-state index in [1.54, 1.807) is 0 Å². The highest BCUT2D eigenvalue weighted by molar-refractivity contribution is 5.00. The molecule has 0 spiro atoms. The Morgan fingerprint density at radius 3 is 2.32 bits per heavy atom. The van der Waals surface area contributed by atoms with Crippen molar-refractivity contribution in [2.45, 2.75) is 90.9 Å². The van der Waals surface area contributed by atoms with Crippen LogP contribution in [0.15, 0.2) is 12.2 Å². The van der Waals surface area contributed by atoms with Crippen molar-refractivity contribution in [2.75, 3.05) is 0 Å². The van der Waals surface area contributed by atoms with Crippen molar-refractivity contribution >= 4 is 0 Å². The fourth-order valence-corrected chi connectivity index (χ4v) is 4.99. The first kappa shape index (κ1) is 15.1. The minimum absolute atomic E-state index is 0.682. The lowest BCUT2D eigenvalue weighted by atomic mass is 9.56. The van der Waals surface area contributed by atoms with Gasteiger partial charge in [-0.25, -0.2) is 0 Å². The average Bonchev–Trinajstić information content (AvgIpc) is 2.51. The fraction of sp³-hybridized carbons (Fsp3) is 0.895. The minimum Gasteiger partial charge on any atom is -0.0885 e. The van der Waals surface area contributed by atoms with Gasteiger partial charge in [0.2, 0.25) is 0 Å². The molecule has 2 aliphatic rings. The first-order valence-electron chi connectivity index (χ1n) is 8.98. The third-order valence-electron chi connectivity index (χ3n) is 6.15.